The van der Waals surface area contributed by atoms with Gasteiger partial charge < -0.3 is 14.4 Å². The molecule has 1 fully saturated rings. The largest absolute Gasteiger partial charge is 0.497 e. The number of benzene rings is 1. The van der Waals surface area contributed by atoms with Crippen molar-refractivity contribution in [1.82, 2.24) is 19.7 Å². The second-order valence-electron chi connectivity index (χ2n) is 8.04. The predicted octanol–water partition coefficient (Wildman–Crippen LogP) is 1.94. The average molecular weight is 382 g/mol. The normalized spacial score (nSPS) is 23.2. The number of likely N-dealkylation sites (tertiary alicyclic amines) is 1. The molecule has 3 aliphatic rings. The van der Waals surface area contributed by atoms with Gasteiger partial charge in [0.1, 0.15) is 17.9 Å². The van der Waals surface area contributed by atoms with Crippen LogP contribution >= 0.6 is 0 Å². The maximum atomic E-state index is 13.1. The number of rotatable bonds is 2. The highest BCUT2D eigenvalue weighted by atomic mass is 16.5. The summed E-state index contributed by atoms with van der Waals surface area (Å²) < 4.78 is 13.6. The lowest BCUT2D eigenvalue weighted by Crippen LogP contribution is -2.50. The fourth-order valence-corrected chi connectivity index (χ4v) is 4.98. The molecule has 0 N–H and O–H groups in total. The second kappa shape index (κ2) is 6.88. The predicted molar refractivity (Wildman–Crippen MR) is 102 cm³/mol. The molecule has 1 aromatic carbocycles. The average Bonchev–Trinajstić information content (AvgIpc) is 3.21. The van der Waals surface area contributed by atoms with E-state index in [9.17, 15) is 4.79 Å². The quantitative estimate of drug-likeness (QED) is 0.794. The topological polar surface area (TPSA) is 69.5 Å². The van der Waals surface area contributed by atoms with Gasteiger partial charge in [0.05, 0.1) is 31.8 Å². The Bertz CT molecular complexity index is 886. The molecule has 4 heterocycles. The number of hydrogen-bond donors (Lipinski definition) is 0. The summed E-state index contributed by atoms with van der Waals surface area (Å²) in [7, 11) is 1.70. The number of amides is 1. The number of methoxy groups -OCH3 is 1. The van der Waals surface area contributed by atoms with Crippen molar-refractivity contribution in [2.45, 2.75) is 44.2 Å². The minimum Gasteiger partial charge on any atom is -0.497 e. The van der Waals surface area contributed by atoms with Crippen LogP contribution in [0.25, 0.3) is 0 Å². The third-order valence-corrected chi connectivity index (χ3v) is 6.59. The van der Waals surface area contributed by atoms with Crippen LogP contribution in [0.3, 0.4) is 0 Å². The highest BCUT2D eigenvalue weighted by Crippen LogP contribution is 2.42. The maximum absolute atomic E-state index is 13.1. The van der Waals surface area contributed by atoms with Crippen molar-refractivity contribution >= 4 is 5.91 Å². The van der Waals surface area contributed by atoms with Crippen molar-refractivity contribution in [2.24, 2.45) is 5.92 Å². The molecule has 0 aliphatic carbocycles. The Kier molecular flexibility index (Phi) is 4.34. The number of aromatic nitrogens is 3. The molecule has 0 saturated carbocycles. The van der Waals surface area contributed by atoms with Gasteiger partial charge >= 0.3 is 0 Å². The lowest BCUT2D eigenvalue weighted by Gasteiger charge is -2.45. The van der Waals surface area contributed by atoms with Crippen LogP contribution < -0.4 is 4.74 Å². The molecule has 1 unspecified atom stereocenters. The van der Waals surface area contributed by atoms with Crippen LogP contribution in [0.4, 0.5) is 0 Å². The highest BCUT2D eigenvalue weighted by molar-refractivity contribution is 5.79. The monoisotopic (exact) mass is 382 g/mol. The van der Waals surface area contributed by atoms with Crippen LogP contribution in [0.1, 0.15) is 36.2 Å². The first-order valence-corrected chi connectivity index (χ1v) is 10.2. The number of carbonyl (C=O) groups excluding carboxylic acids is 1. The molecule has 1 aromatic heterocycles. The lowest BCUT2D eigenvalue weighted by atomic mass is 9.79. The van der Waals surface area contributed by atoms with E-state index in [0.717, 1.165) is 63.4 Å². The minimum absolute atomic E-state index is 0.00655. The van der Waals surface area contributed by atoms with Crippen molar-refractivity contribution in [3.63, 3.8) is 0 Å². The number of ether oxygens (including phenoxy) is 2. The number of fused-ring (bicyclic) bond motifs is 3. The van der Waals surface area contributed by atoms with E-state index in [1.54, 1.807) is 13.4 Å². The zero-order chi connectivity index (χ0) is 19.1. The molecule has 7 nitrogen and oxygen atoms in total. The van der Waals surface area contributed by atoms with Crippen molar-refractivity contribution in [3.8, 4) is 5.75 Å². The second-order valence-corrected chi connectivity index (χ2v) is 8.04. The smallest absolute Gasteiger partial charge is 0.227 e. The summed E-state index contributed by atoms with van der Waals surface area (Å²) in [5.74, 6) is 2.14. The van der Waals surface area contributed by atoms with E-state index in [1.165, 1.54) is 11.1 Å². The molecule has 2 aromatic rings. The van der Waals surface area contributed by atoms with Crippen molar-refractivity contribution in [3.05, 3.63) is 41.5 Å². The van der Waals surface area contributed by atoms with E-state index < -0.39 is 0 Å². The summed E-state index contributed by atoms with van der Waals surface area (Å²) in [6.45, 7) is 2.86. The van der Waals surface area contributed by atoms with Gasteiger partial charge in [-0.25, -0.2) is 9.67 Å². The molecule has 5 rings (SSSR count). The fraction of sp³-hybridized carbons (Fsp3) is 0.571. The van der Waals surface area contributed by atoms with Crippen molar-refractivity contribution < 1.29 is 14.3 Å². The molecular formula is C21H26N4O3. The number of piperidine rings is 1. The Hall–Kier alpha value is -2.41. The lowest BCUT2D eigenvalue weighted by molar-refractivity contribution is -0.145. The van der Waals surface area contributed by atoms with Crippen LogP contribution in [0.15, 0.2) is 24.5 Å². The molecule has 1 saturated heterocycles. The van der Waals surface area contributed by atoms with Crippen LogP contribution in [0.5, 0.6) is 5.75 Å². The van der Waals surface area contributed by atoms with E-state index >= 15 is 0 Å². The highest BCUT2D eigenvalue weighted by Gasteiger charge is 2.42. The zero-order valence-corrected chi connectivity index (χ0v) is 16.3. The zero-order valence-electron chi connectivity index (χ0n) is 16.3. The van der Waals surface area contributed by atoms with Gasteiger partial charge in [0, 0.05) is 19.5 Å². The first-order chi connectivity index (χ1) is 13.7. The van der Waals surface area contributed by atoms with E-state index in [2.05, 4.69) is 22.2 Å². The Balaban J connectivity index is 1.29. The number of aryl methyl sites for hydroxylation is 1. The van der Waals surface area contributed by atoms with Gasteiger partial charge in [0.15, 0.2) is 0 Å². The van der Waals surface area contributed by atoms with Gasteiger partial charge in [-0.3, -0.25) is 4.79 Å². The van der Waals surface area contributed by atoms with E-state index in [0.29, 0.717) is 6.54 Å². The van der Waals surface area contributed by atoms with Crippen molar-refractivity contribution in [2.75, 3.05) is 26.8 Å². The molecular weight excluding hydrogens is 356 g/mol. The summed E-state index contributed by atoms with van der Waals surface area (Å²) in [5.41, 5.74) is 2.33. The Morgan fingerprint density at radius 3 is 2.96 bits per heavy atom. The summed E-state index contributed by atoms with van der Waals surface area (Å²) in [6, 6.07) is 6.30. The molecule has 148 valence electrons. The Morgan fingerprint density at radius 2 is 2.14 bits per heavy atom. The third kappa shape index (κ3) is 2.89. The Morgan fingerprint density at radius 1 is 1.29 bits per heavy atom. The SMILES string of the molecule is COc1ccc2c(c1)CCOC21CCN(C(=O)C2CCc3ncnn3C2)CC1. The number of hydrogen-bond acceptors (Lipinski definition) is 5. The van der Waals surface area contributed by atoms with Crippen LogP contribution in [0, 0.1) is 5.92 Å². The number of nitrogens with zero attached hydrogens (tertiary/aromatic N) is 4. The van der Waals surface area contributed by atoms with Gasteiger partial charge in [-0.2, -0.15) is 5.10 Å². The van der Waals surface area contributed by atoms with E-state index in [-0.39, 0.29) is 17.4 Å². The fourth-order valence-electron chi connectivity index (χ4n) is 4.98. The number of carbonyl (C=O) groups is 1. The standard InChI is InChI=1S/C21H26N4O3/c1-27-17-3-4-18-15(12-17)6-11-28-21(18)7-9-24(10-8-21)20(26)16-2-5-19-22-14-23-25(19)13-16/h3-4,12,14,16H,2,5-11,13H2,1H3. The van der Waals surface area contributed by atoms with Gasteiger partial charge in [-0.05, 0) is 48.9 Å². The van der Waals surface area contributed by atoms with Crippen LogP contribution in [-0.4, -0.2) is 52.4 Å². The molecule has 1 amide bonds. The van der Waals surface area contributed by atoms with Gasteiger partial charge in [-0.15, -0.1) is 0 Å². The molecule has 1 spiro atoms. The molecule has 3 aliphatic heterocycles. The van der Waals surface area contributed by atoms with Crippen LogP contribution in [-0.2, 0) is 34.5 Å². The minimum atomic E-state index is -0.262. The van der Waals surface area contributed by atoms with E-state index in [1.807, 2.05) is 15.6 Å². The first kappa shape index (κ1) is 17.7. The summed E-state index contributed by atoms with van der Waals surface area (Å²) in [4.78, 5) is 19.4. The first-order valence-electron chi connectivity index (χ1n) is 10.2. The molecule has 7 heteroatoms. The van der Waals surface area contributed by atoms with Gasteiger partial charge in [0.2, 0.25) is 5.91 Å². The molecule has 28 heavy (non-hydrogen) atoms. The van der Waals surface area contributed by atoms with Crippen LogP contribution in [0.2, 0.25) is 0 Å². The van der Waals surface area contributed by atoms with Gasteiger partial charge in [0.25, 0.3) is 0 Å². The summed E-state index contributed by atoms with van der Waals surface area (Å²) in [5, 5.41) is 4.25. The molecule has 0 radical (unpaired) electrons. The summed E-state index contributed by atoms with van der Waals surface area (Å²) in [6.07, 6.45) is 5.88. The molecule has 0 bridgehead atoms. The third-order valence-electron chi connectivity index (χ3n) is 6.59. The maximum Gasteiger partial charge on any atom is 0.227 e. The van der Waals surface area contributed by atoms with E-state index in [4.69, 9.17) is 9.47 Å². The van der Waals surface area contributed by atoms with Gasteiger partial charge in [-0.1, -0.05) is 6.07 Å². The molecule has 1 atom stereocenters. The Labute approximate surface area is 164 Å². The summed E-state index contributed by atoms with van der Waals surface area (Å²) >= 11 is 0. The van der Waals surface area contributed by atoms with Crippen molar-refractivity contribution in [1.29, 1.82) is 0 Å².